The molecule has 1 atom stereocenters. The van der Waals surface area contributed by atoms with Gasteiger partial charge in [0.15, 0.2) is 5.65 Å². The van der Waals surface area contributed by atoms with Gasteiger partial charge in [-0.2, -0.15) is 5.10 Å². The minimum Gasteiger partial charge on any atom is -0.310 e. The Morgan fingerprint density at radius 3 is 2.86 bits per heavy atom. The molecule has 0 bridgehead atoms. The SMILES string of the molecule is CCC(C)Cc1nc2c(cnn2C2CCCCC2)c(=O)[nH]1. The van der Waals surface area contributed by atoms with Crippen LogP contribution in [0, 0.1) is 5.92 Å². The number of nitrogens with zero attached hydrogens (tertiary/aromatic N) is 3. The smallest absolute Gasteiger partial charge is 0.262 e. The fourth-order valence-electron chi connectivity index (χ4n) is 3.15. The van der Waals surface area contributed by atoms with E-state index in [1.54, 1.807) is 6.20 Å². The minimum absolute atomic E-state index is 0.0552. The first kappa shape index (κ1) is 14.3. The van der Waals surface area contributed by atoms with E-state index in [1.165, 1.54) is 19.3 Å². The molecule has 1 unspecified atom stereocenters. The molecule has 1 saturated carbocycles. The molecule has 2 aromatic heterocycles. The van der Waals surface area contributed by atoms with E-state index in [1.807, 2.05) is 4.68 Å². The van der Waals surface area contributed by atoms with Crippen molar-refractivity contribution in [2.24, 2.45) is 5.92 Å². The van der Waals surface area contributed by atoms with Crippen molar-refractivity contribution in [2.75, 3.05) is 0 Å². The number of fused-ring (bicyclic) bond motifs is 1. The average molecular weight is 288 g/mol. The molecule has 1 aliphatic carbocycles. The number of nitrogens with one attached hydrogen (secondary N) is 1. The third-order valence-electron chi connectivity index (χ3n) is 4.67. The lowest BCUT2D eigenvalue weighted by Crippen LogP contribution is -2.18. The van der Waals surface area contributed by atoms with E-state index in [2.05, 4.69) is 23.9 Å². The molecule has 114 valence electrons. The van der Waals surface area contributed by atoms with Crippen LogP contribution >= 0.6 is 0 Å². The summed E-state index contributed by atoms with van der Waals surface area (Å²) >= 11 is 0. The highest BCUT2D eigenvalue weighted by Crippen LogP contribution is 2.29. The first-order valence-electron chi connectivity index (χ1n) is 8.15. The van der Waals surface area contributed by atoms with Crippen LogP contribution in [-0.4, -0.2) is 19.7 Å². The molecule has 21 heavy (non-hydrogen) atoms. The van der Waals surface area contributed by atoms with Crippen molar-refractivity contribution in [1.82, 2.24) is 19.7 Å². The number of rotatable bonds is 4. The molecule has 5 heteroatoms. The van der Waals surface area contributed by atoms with Crippen LogP contribution in [0.25, 0.3) is 11.0 Å². The molecule has 0 amide bonds. The molecule has 3 rings (SSSR count). The van der Waals surface area contributed by atoms with E-state index in [-0.39, 0.29) is 5.56 Å². The Bertz CT molecular complexity index is 666. The summed E-state index contributed by atoms with van der Waals surface area (Å²) in [5, 5.41) is 5.07. The van der Waals surface area contributed by atoms with Gasteiger partial charge in [-0.1, -0.05) is 39.5 Å². The van der Waals surface area contributed by atoms with Crippen molar-refractivity contribution in [2.45, 2.75) is 64.8 Å². The lowest BCUT2D eigenvalue weighted by Gasteiger charge is -2.22. The van der Waals surface area contributed by atoms with Crippen LogP contribution in [0.2, 0.25) is 0 Å². The Labute approximate surface area is 124 Å². The van der Waals surface area contributed by atoms with Gasteiger partial charge in [-0.15, -0.1) is 0 Å². The van der Waals surface area contributed by atoms with Crippen molar-refractivity contribution in [3.63, 3.8) is 0 Å². The topological polar surface area (TPSA) is 63.6 Å². The first-order chi connectivity index (χ1) is 10.2. The number of aromatic amines is 1. The van der Waals surface area contributed by atoms with Gasteiger partial charge in [0.2, 0.25) is 0 Å². The average Bonchev–Trinajstić information content (AvgIpc) is 2.92. The fourth-order valence-corrected chi connectivity index (χ4v) is 3.15. The van der Waals surface area contributed by atoms with Crippen LogP contribution in [0.4, 0.5) is 0 Å². The standard InChI is InChI=1S/C16H24N4O/c1-3-11(2)9-14-18-15-13(16(21)19-14)10-17-20(15)12-7-5-4-6-8-12/h10-12H,3-9H2,1-2H3,(H,18,19,21). The third kappa shape index (κ3) is 2.87. The van der Waals surface area contributed by atoms with Crippen LogP contribution in [-0.2, 0) is 6.42 Å². The van der Waals surface area contributed by atoms with Crippen LogP contribution in [0.15, 0.2) is 11.0 Å². The molecular formula is C16H24N4O. The Morgan fingerprint density at radius 1 is 1.38 bits per heavy atom. The molecule has 2 heterocycles. The summed E-state index contributed by atoms with van der Waals surface area (Å²) in [5.74, 6) is 1.32. The van der Waals surface area contributed by atoms with E-state index in [9.17, 15) is 4.79 Å². The number of H-pyrrole nitrogens is 1. The predicted molar refractivity (Wildman–Crippen MR) is 83.4 cm³/mol. The van der Waals surface area contributed by atoms with Crippen molar-refractivity contribution < 1.29 is 0 Å². The van der Waals surface area contributed by atoms with Gasteiger partial charge >= 0.3 is 0 Å². The van der Waals surface area contributed by atoms with Crippen LogP contribution < -0.4 is 5.56 Å². The Hall–Kier alpha value is -1.65. The van der Waals surface area contributed by atoms with Crippen molar-refractivity contribution in [3.8, 4) is 0 Å². The van der Waals surface area contributed by atoms with Crippen molar-refractivity contribution in [1.29, 1.82) is 0 Å². The normalized spacial score (nSPS) is 18.2. The van der Waals surface area contributed by atoms with Crippen LogP contribution in [0.1, 0.15) is 64.2 Å². The highest BCUT2D eigenvalue weighted by molar-refractivity contribution is 5.73. The van der Waals surface area contributed by atoms with E-state index >= 15 is 0 Å². The van der Waals surface area contributed by atoms with Crippen molar-refractivity contribution >= 4 is 11.0 Å². The van der Waals surface area contributed by atoms with Gasteiger partial charge in [0.1, 0.15) is 11.2 Å². The summed E-state index contributed by atoms with van der Waals surface area (Å²) in [6.45, 7) is 4.34. The first-order valence-corrected chi connectivity index (χ1v) is 8.15. The molecular weight excluding hydrogens is 264 g/mol. The molecule has 0 radical (unpaired) electrons. The van der Waals surface area contributed by atoms with Crippen molar-refractivity contribution in [3.05, 3.63) is 22.4 Å². The van der Waals surface area contributed by atoms with Gasteiger partial charge in [0.25, 0.3) is 5.56 Å². The highest BCUT2D eigenvalue weighted by Gasteiger charge is 2.20. The van der Waals surface area contributed by atoms with Gasteiger partial charge in [0.05, 0.1) is 12.2 Å². The Kier molecular flexibility index (Phi) is 4.08. The summed E-state index contributed by atoms with van der Waals surface area (Å²) < 4.78 is 1.99. The maximum absolute atomic E-state index is 12.2. The van der Waals surface area contributed by atoms with Gasteiger partial charge in [-0.3, -0.25) is 4.79 Å². The highest BCUT2D eigenvalue weighted by atomic mass is 16.1. The lowest BCUT2D eigenvalue weighted by atomic mass is 9.96. The van der Waals surface area contributed by atoms with E-state index < -0.39 is 0 Å². The summed E-state index contributed by atoms with van der Waals surface area (Å²) in [6, 6.07) is 0.405. The van der Waals surface area contributed by atoms with Gasteiger partial charge < -0.3 is 4.98 Å². The summed E-state index contributed by atoms with van der Waals surface area (Å²) in [4.78, 5) is 19.8. The maximum atomic E-state index is 12.2. The molecule has 0 aliphatic heterocycles. The summed E-state index contributed by atoms with van der Waals surface area (Å²) in [7, 11) is 0. The third-order valence-corrected chi connectivity index (χ3v) is 4.67. The Balaban J connectivity index is 2.00. The minimum atomic E-state index is -0.0552. The molecule has 1 N–H and O–H groups in total. The molecule has 5 nitrogen and oxygen atoms in total. The van der Waals surface area contributed by atoms with E-state index in [0.717, 1.165) is 37.2 Å². The molecule has 0 aromatic carbocycles. The zero-order chi connectivity index (χ0) is 14.8. The van der Waals surface area contributed by atoms with Crippen LogP contribution in [0.5, 0.6) is 0 Å². The predicted octanol–water partition coefficient (Wildman–Crippen LogP) is 3.21. The van der Waals surface area contributed by atoms with Crippen LogP contribution in [0.3, 0.4) is 0 Å². The fraction of sp³-hybridized carbons (Fsp3) is 0.688. The zero-order valence-corrected chi connectivity index (χ0v) is 12.9. The molecule has 1 fully saturated rings. The summed E-state index contributed by atoms with van der Waals surface area (Å²) in [6.07, 6.45) is 9.66. The molecule has 0 saturated heterocycles. The monoisotopic (exact) mass is 288 g/mol. The number of hydrogen-bond donors (Lipinski definition) is 1. The molecule has 2 aromatic rings. The second-order valence-electron chi connectivity index (χ2n) is 6.35. The second-order valence-corrected chi connectivity index (χ2v) is 6.35. The van der Waals surface area contributed by atoms with E-state index in [4.69, 9.17) is 4.98 Å². The number of hydrogen-bond acceptors (Lipinski definition) is 3. The number of aromatic nitrogens is 4. The molecule has 1 aliphatic rings. The molecule has 0 spiro atoms. The quantitative estimate of drug-likeness (QED) is 0.939. The zero-order valence-electron chi connectivity index (χ0n) is 12.9. The van der Waals surface area contributed by atoms with Gasteiger partial charge in [-0.25, -0.2) is 9.67 Å². The van der Waals surface area contributed by atoms with Gasteiger partial charge in [0, 0.05) is 6.42 Å². The maximum Gasteiger partial charge on any atom is 0.262 e. The van der Waals surface area contributed by atoms with E-state index in [0.29, 0.717) is 17.3 Å². The Morgan fingerprint density at radius 2 is 2.14 bits per heavy atom. The van der Waals surface area contributed by atoms with Gasteiger partial charge in [-0.05, 0) is 18.8 Å². The lowest BCUT2D eigenvalue weighted by molar-refractivity contribution is 0.335. The second kappa shape index (κ2) is 6.00. The summed E-state index contributed by atoms with van der Waals surface area (Å²) in [5.41, 5.74) is 0.712. The largest absolute Gasteiger partial charge is 0.310 e.